The van der Waals surface area contributed by atoms with E-state index in [0.29, 0.717) is 5.92 Å². The first-order valence-corrected chi connectivity index (χ1v) is 7.98. The van der Waals surface area contributed by atoms with Crippen molar-refractivity contribution in [1.29, 1.82) is 0 Å². The topological polar surface area (TPSA) is 21.3 Å². The zero-order chi connectivity index (χ0) is 14.8. The van der Waals surface area contributed by atoms with Crippen LogP contribution >= 0.6 is 0 Å². The predicted molar refractivity (Wildman–Crippen MR) is 87.4 cm³/mol. The Kier molecular flexibility index (Phi) is 8.56. The van der Waals surface area contributed by atoms with Crippen molar-refractivity contribution in [2.24, 2.45) is 5.92 Å². The molecule has 1 aromatic carbocycles. The molecule has 0 fully saturated rings. The van der Waals surface area contributed by atoms with Crippen LogP contribution in [-0.4, -0.2) is 26.3 Å². The normalized spacial score (nSPS) is 12.8. The van der Waals surface area contributed by atoms with Crippen molar-refractivity contribution in [1.82, 2.24) is 5.32 Å². The van der Waals surface area contributed by atoms with Crippen LogP contribution < -0.4 is 5.32 Å². The summed E-state index contributed by atoms with van der Waals surface area (Å²) in [7, 11) is 0. The molecule has 2 heteroatoms. The van der Waals surface area contributed by atoms with E-state index in [0.717, 1.165) is 45.1 Å². The Balaban J connectivity index is 2.41. The fourth-order valence-corrected chi connectivity index (χ4v) is 2.19. The molecule has 114 valence electrons. The molecule has 1 unspecified atom stereocenters. The summed E-state index contributed by atoms with van der Waals surface area (Å²) in [5, 5.41) is 3.47. The smallest absolute Gasteiger partial charge is 0.0472 e. The summed E-state index contributed by atoms with van der Waals surface area (Å²) < 4.78 is 5.77. The molecule has 0 amide bonds. The lowest BCUT2D eigenvalue weighted by molar-refractivity contribution is 0.116. The predicted octanol–water partition coefficient (Wildman–Crippen LogP) is 4.14. The molecule has 0 heterocycles. The van der Waals surface area contributed by atoms with E-state index in [-0.39, 0.29) is 0 Å². The van der Waals surface area contributed by atoms with Gasteiger partial charge in [-0.3, -0.25) is 0 Å². The minimum absolute atomic E-state index is 0.551. The SMILES string of the molecule is CCNCC(CCOCCC(C)C)c1ccc(C)cc1. The Morgan fingerprint density at radius 2 is 1.70 bits per heavy atom. The number of benzene rings is 1. The van der Waals surface area contributed by atoms with Crippen molar-refractivity contribution in [3.05, 3.63) is 35.4 Å². The van der Waals surface area contributed by atoms with Crippen molar-refractivity contribution < 1.29 is 4.74 Å². The Hall–Kier alpha value is -0.860. The van der Waals surface area contributed by atoms with Crippen LogP contribution in [0.1, 0.15) is 50.7 Å². The zero-order valence-electron chi connectivity index (χ0n) is 13.6. The molecule has 0 aliphatic heterocycles. The molecular formula is C18H31NO. The van der Waals surface area contributed by atoms with Gasteiger partial charge in [0.05, 0.1) is 0 Å². The van der Waals surface area contributed by atoms with E-state index in [4.69, 9.17) is 4.74 Å². The second-order valence-electron chi connectivity index (χ2n) is 6.00. The first-order valence-electron chi connectivity index (χ1n) is 7.98. The summed E-state index contributed by atoms with van der Waals surface area (Å²) in [5.74, 6) is 1.28. The van der Waals surface area contributed by atoms with Gasteiger partial charge >= 0.3 is 0 Å². The quantitative estimate of drug-likeness (QED) is 0.649. The van der Waals surface area contributed by atoms with E-state index in [1.165, 1.54) is 11.1 Å². The lowest BCUT2D eigenvalue weighted by Gasteiger charge is -2.18. The van der Waals surface area contributed by atoms with Crippen LogP contribution in [0, 0.1) is 12.8 Å². The molecule has 0 radical (unpaired) electrons. The van der Waals surface area contributed by atoms with Crippen molar-refractivity contribution in [2.45, 2.75) is 46.5 Å². The monoisotopic (exact) mass is 277 g/mol. The first-order chi connectivity index (χ1) is 9.63. The van der Waals surface area contributed by atoms with E-state index < -0.39 is 0 Å². The van der Waals surface area contributed by atoms with Gasteiger partial charge in [-0.1, -0.05) is 50.6 Å². The molecule has 0 aliphatic rings. The molecule has 2 nitrogen and oxygen atoms in total. The molecule has 0 aliphatic carbocycles. The third-order valence-corrected chi connectivity index (χ3v) is 3.64. The third kappa shape index (κ3) is 7.06. The van der Waals surface area contributed by atoms with E-state index in [1.807, 2.05) is 0 Å². The Morgan fingerprint density at radius 1 is 1.05 bits per heavy atom. The lowest BCUT2D eigenvalue weighted by Crippen LogP contribution is -2.22. The molecule has 0 saturated carbocycles. The van der Waals surface area contributed by atoms with Gasteiger partial charge in [0.2, 0.25) is 0 Å². The number of ether oxygens (including phenoxy) is 1. The minimum atomic E-state index is 0.551. The van der Waals surface area contributed by atoms with Crippen LogP contribution in [0.5, 0.6) is 0 Å². The Bertz CT molecular complexity index is 345. The highest BCUT2D eigenvalue weighted by atomic mass is 16.5. The Morgan fingerprint density at radius 3 is 2.30 bits per heavy atom. The number of rotatable bonds is 10. The number of hydrogen-bond acceptors (Lipinski definition) is 2. The fourth-order valence-electron chi connectivity index (χ4n) is 2.19. The van der Waals surface area contributed by atoms with Crippen LogP contribution in [0.15, 0.2) is 24.3 Å². The molecule has 1 atom stereocenters. The van der Waals surface area contributed by atoms with Crippen molar-refractivity contribution in [3.8, 4) is 0 Å². The second-order valence-corrected chi connectivity index (χ2v) is 6.00. The molecule has 1 aromatic rings. The largest absolute Gasteiger partial charge is 0.381 e. The van der Waals surface area contributed by atoms with Gasteiger partial charge < -0.3 is 10.1 Å². The number of aryl methyl sites for hydroxylation is 1. The van der Waals surface area contributed by atoms with Crippen molar-refractivity contribution in [2.75, 3.05) is 26.3 Å². The summed E-state index contributed by atoms with van der Waals surface area (Å²) in [6, 6.07) is 8.92. The van der Waals surface area contributed by atoms with Crippen LogP contribution in [0.4, 0.5) is 0 Å². The third-order valence-electron chi connectivity index (χ3n) is 3.64. The van der Waals surface area contributed by atoms with Gasteiger partial charge in [0.15, 0.2) is 0 Å². The Labute approximate surface area is 124 Å². The minimum Gasteiger partial charge on any atom is -0.381 e. The average molecular weight is 277 g/mol. The van der Waals surface area contributed by atoms with Crippen LogP contribution in [0.2, 0.25) is 0 Å². The molecule has 0 spiro atoms. The summed E-state index contributed by atoms with van der Waals surface area (Å²) in [6.07, 6.45) is 2.25. The van der Waals surface area contributed by atoms with E-state index in [9.17, 15) is 0 Å². The second kappa shape index (κ2) is 9.95. The zero-order valence-corrected chi connectivity index (χ0v) is 13.6. The van der Waals surface area contributed by atoms with E-state index >= 15 is 0 Å². The highest BCUT2D eigenvalue weighted by Gasteiger charge is 2.11. The van der Waals surface area contributed by atoms with Gasteiger partial charge in [0.25, 0.3) is 0 Å². The molecule has 0 saturated heterocycles. The maximum absolute atomic E-state index is 5.77. The molecule has 1 rings (SSSR count). The number of nitrogens with one attached hydrogen (secondary N) is 1. The van der Waals surface area contributed by atoms with Crippen LogP contribution in [-0.2, 0) is 4.74 Å². The van der Waals surface area contributed by atoms with Gasteiger partial charge in [-0.15, -0.1) is 0 Å². The van der Waals surface area contributed by atoms with Gasteiger partial charge in [-0.2, -0.15) is 0 Å². The van der Waals surface area contributed by atoms with Crippen molar-refractivity contribution in [3.63, 3.8) is 0 Å². The molecule has 20 heavy (non-hydrogen) atoms. The maximum atomic E-state index is 5.77. The van der Waals surface area contributed by atoms with Crippen molar-refractivity contribution >= 4 is 0 Å². The van der Waals surface area contributed by atoms with Gasteiger partial charge in [-0.05, 0) is 43.7 Å². The summed E-state index contributed by atoms with van der Waals surface area (Å²) in [6.45, 7) is 12.6. The first kappa shape index (κ1) is 17.2. The average Bonchev–Trinajstić information content (AvgIpc) is 2.42. The summed E-state index contributed by atoms with van der Waals surface area (Å²) in [4.78, 5) is 0. The number of hydrogen-bond donors (Lipinski definition) is 1. The lowest BCUT2D eigenvalue weighted by atomic mass is 9.95. The highest BCUT2D eigenvalue weighted by Crippen LogP contribution is 2.19. The maximum Gasteiger partial charge on any atom is 0.0472 e. The highest BCUT2D eigenvalue weighted by molar-refractivity contribution is 5.24. The molecule has 1 N–H and O–H groups in total. The van der Waals surface area contributed by atoms with Crippen LogP contribution in [0.3, 0.4) is 0 Å². The van der Waals surface area contributed by atoms with Crippen LogP contribution in [0.25, 0.3) is 0 Å². The molecule has 0 aromatic heterocycles. The van der Waals surface area contributed by atoms with E-state index in [2.05, 4.69) is 57.3 Å². The fraction of sp³-hybridized carbons (Fsp3) is 0.667. The van der Waals surface area contributed by atoms with Gasteiger partial charge in [0, 0.05) is 19.8 Å². The van der Waals surface area contributed by atoms with Gasteiger partial charge in [0.1, 0.15) is 0 Å². The van der Waals surface area contributed by atoms with Gasteiger partial charge in [-0.25, -0.2) is 0 Å². The van der Waals surface area contributed by atoms with E-state index in [1.54, 1.807) is 0 Å². The standard InChI is InChI=1S/C18H31NO/c1-5-19-14-18(11-13-20-12-10-15(2)3)17-8-6-16(4)7-9-17/h6-9,15,18-19H,5,10-14H2,1-4H3. The molecular weight excluding hydrogens is 246 g/mol. The summed E-state index contributed by atoms with van der Waals surface area (Å²) >= 11 is 0. The molecule has 0 bridgehead atoms. The number of likely N-dealkylation sites (N-methyl/N-ethyl adjacent to an activating group) is 1. The summed E-state index contributed by atoms with van der Waals surface area (Å²) in [5.41, 5.74) is 2.74.